The van der Waals surface area contributed by atoms with Crippen LogP contribution in [0.15, 0.2) is 57.9 Å². The van der Waals surface area contributed by atoms with Crippen molar-refractivity contribution in [3.8, 4) is 22.8 Å². The summed E-state index contributed by atoms with van der Waals surface area (Å²) in [7, 11) is -0.471. The van der Waals surface area contributed by atoms with Gasteiger partial charge in [-0.2, -0.15) is 0 Å². The van der Waals surface area contributed by atoms with Crippen molar-refractivity contribution in [3.63, 3.8) is 0 Å². The summed E-state index contributed by atoms with van der Waals surface area (Å²) >= 11 is 0. The summed E-state index contributed by atoms with van der Waals surface area (Å²) in [6.45, 7) is 2.09. The molecule has 0 saturated carbocycles. The Morgan fingerprint density at radius 2 is 1.71 bits per heavy atom. The molecular weight excluding hydrogens is 380 g/mol. The fourth-order valence-corrected chi connectivity index (χ4v) is 3.78. The number of benzene rings is 2. The molecule has 0 aliphatic heterocycles. The lowest BCUT2D eigenvalue weighted by atomic mass is 10.1. The van der Waals surface area contributed by atoms with Crippen molar-refractivity contribution in [1.29, 1.82) is 0 Å². The summed E-state index contributed by atoms with van der Waals surface area (Å²) in [4.78, 5) is 0.194. The monoisotopic (exact) mass is 402 g/mol. The molecule has 28 heavy (non-hydrogen) atoms. The van der Waals surface area contributed by atoms with Gasteiger partial charge in [-0.05, 0) is 55.3 Å². The van der Waals surface area contributed by atoms with Gasteiger partial charge in [-0.1, -0.05) is 11.2 Å². The van der Waals surface area contributed by atoms with Crippen LogP contribution in [0.3, 0.4) is 0 Å². The first kappa shape index (κ1) is 19.9. The van der Waals surface area contributed by atoms with Crippen LogP contribution in [0.25, 0.3) is 11.3 Å². The van der Waals surface area contributed by atoms with E-state index >= 15 is 0 Å². The molecule has 0 fully saturated rings. The average Bonchev–Trinajstić information content (AvgIpc) is 3.14. The molecule has 1 aromatic heterocycles. The van der Waals surface area contributed by atoms with E-state index in [-0.39, 0.29) is 11.4 Å². The fourth-order valence-electron chi connectivity index (χ4n) is 2.75. The van der Waals surface area contributed by atoms with E-state index in [0.29, 0.717) is 23.7 Å². The van der Waals surface area contributed by atoms with Crippen molar-refractivity contribution in [2.45, 2.75) is 18.2 Å². The molecule has 8 heteroatoms. The van der Waals surface area contributed by atoms with Gasteiger partial charge in [0.25, 0.3) is 0 Å². The Balaban J connectivity index is 1.64. The van der Waals surface area contributed by atoms with Crippen molar-refractivity contribution in [2.24, 2.45) is 0 Å². The predicted molar refractivity (Wildman–Crippen MR) is 105 cm³/mol. The number of nitrogens with one attached hydrogen (secondary N) is 1. The first-order chi connectivity index (χ1) is 13.4. The highest BCUT2D eigenvalue weighted by atomic mass is 32.2. The van der Waals surface area contributed by atoms with Crippen LogP contribution in [0.5, 0.6) is 11.5 Å². The van der Waals surface area contributed by atoms with E-state index in [4.69, 9.17) is 14.0 Å². The van der Waals surface area contributed by atoms with Crippen molar-refractivity contribution in [1.82, 2.24) is 9.88 Å². The minimum absolute atomic E-state index is 0.194. The molecule has 0 aliphatic rings. The highest BCUT2D eigenvalue weighted by molar-refractivity contribution is 7.89. The second-order valence-corrected chi connectivity index (χ2v) is 7.96. The zero-order valence-corrected chi connectivity index (χ0v) is 16.7. The molecule has 1 heterocycles. The molecule has 0 unspecified atom stereocenters. The summed E-state index contributed by atoms with van der Waals surface area (Å²) in [5.74, 6) is 1.85. The lowest BCUT2D eigenvalue weighted by Gasteiger charge is -2.10. The number of aromatic nitrogens is 1. The standard InChI is InChI=1S/C20H22N2O5S/c1-14-12-19(27-22-14)16-5-7-17(8-6-16)28(23,24)21-11-10-15-4-9-18(25-2)20(13-15)26-3/h4-9,12-13,21H,10-11H2,1-3H3. The molecule has 0 spiro atoms. The number of hydrogen-bond acceptors (Lipinski definition) is 6. The molecule has 1 N–H and O–H groups in total. The number of rotatable bonds is 8. The minimum Gasteiger partial charge on any atom is -0.493 e. The lowest BCUT2D eigenvalue weighted by molar-refractivity contribution is 0.354. The molecule has 3 aromatic rings. The molecule has 2 aromatic carbocycles. The Morgan fingerprint density at radius 1 is 1.00 bits per heavy atom. The van der Waals surface area contributed by atoms with Crippen molar-refractivity contribution in [3.05, 3.63) is 59.8 Å². The molecule has 0 saturated heterocycles. The van der Waals surface area contributed by atoms with E-state index in [0.717, 1.165) is 16.8 Å². The minimum atomic E-state index is -3.60. The van der Waals surface area contributed by atoms with E-state index in [1.165, 1.54) is 0 Å². The van der Waals surface area contributed by atoms with E-state index in [1.54, 1.807) is 50.6 Å². The summed E-state index contributed by atoms with van der Waals surface area (Å²) in [6, 6.07) is 13.8. The van der Waals surface area contributed by atoms with Crippen LogP contribution in [0.2, 0.25) is 0 Å². The van der Waals surface area contributed by atoms with Gasteiger partial charge < -0.3 is 14.0 Å². The topological polar surface area (TPSA) is 90.7 Å². The largest absolute Gasteiger partial charge is 0.493 e. The maximum absolute atomic E-state index is 12.5. The van der Waals surface area contributed by atoms with Gasteiger partial charge in [0.1, 0.15) is 0 Å². The molecule has 7 nitrogen and oxygen atoms in total. The van der Waals surface area contributed by atoms with Crippen LogP contribution in [0.4, 0.5) is 0 Å². The Labute approximate surface area is 164 Å². The normalized spacial score (nSPS) is 11.4. The Morgan fingerprint density at radius 3 is 2.32 bits per heavy atom. The highest BCUT2D eigenvalue weighted by Crippen LogP contribution is 2.27. The fraction of sp³-hybridized carbons (Fsp3) is 0.250. The number of methoxy groups -OCH3 is 2. The maximum atomic E-state index is 12.5. The van der Waals surface area contributed by atoms with Crippen LogP contribution in [0, 0.1) is 6.92 Å². The number of aryl methyl sites for hydroxylation is 1. The molecule has 3 rings (SSSR count). The zero-order chi connectivity index (χ0) is 20.1. The van der Waals surface area contributed by atoms with Crippen LogP contribution in [-0.4, -0.2) is 34.3 Å². The first-order valence-electron chi connectivity index (χ1n) is 8.67. The second-order valence-electron chi connectivity index (χ2n) is 6.19. The van der Waals surface area contributed by atoms with Gasteiger partial charge in [-0.3, -0.25) is 0 Å². The summed E-state index contributed by atoms with van der Waals surface area (Å²) in [5, 5.41) is 3.83. The van der Waals surface area contributed by atoms with Gasteiger partial charge in [0, 0.05) is 18.2 Å². The third-order valence-corrected chi connectivity index (χ3v) is 5.71. The van der Waals surface area contributed by atoms with Crippen LogP contribution in [0.1, 0.15) is 11.3 Å². The van der Waals surface area contributed by atoms with Gasteiger partial charge in [-0.15, -0.1) is 0 Å². The number of sulfonamides is 1. The quantitative estimate of drug-likeness (QED) is 0.622. The predicted octanol–water partition coefficient (Wildman–Crippen LogP) is 3.19. The van der Waals surface area contributed by atoms with Gasteiger partial charge >= 0.3 is 0 Å². The number of hydrogen-bond donors (Lipinski definition) is 1. The Kier molecular flexibility index (Phi) is 6.01. The van der Waals surface area contributed by atoms with Gasteiger partial charge in [-0.25, -0.2) is 13.1 Å². The zero-order valence-electron chi connectivity index (χ0n) is 15.9. The van der Waals surface area contributed by atoms with E-state index < -0.39 is 10.0 Å². The maximum Gasteiger partial charge on any atom is 0.240 e. The second kappa shape index (κ2) is 8.45. The van der Waals surface area contributed by atoms with Crippen LogP contribution < -0.4 is 14.2 Å². The van der Waals surface area contributed by atoms with Crippen LogP contribution >= 0.6 is 0 Å². The van der Waals surface area contributed by atoms with Crippen molar-refractivity contribution < 1.29 is 22.4 Å². The van der Waals surface area contributed by atoms with E-state index in [1.807, 2.05) is 19.1 Å². The molecule has 0 radical (unpaired) electrons. The molecular formula is C20H22N2O5S. The highest BCUT2D eigenvalue weighted by Gasteiger charge is 2.14. The molecule has 0 atom stereocenters. The lowest BCUT2D eigenvalue weighted by Crippen LogP contribution is -2.26. The van der Waals surface area contributed by atoms with E-state index in [9.17, 15) is 8.42 Å². The third kappa shape index (κ3) is 4.52. The smallest absolute Gasteiger partial charge is 0.240 e. The average molecular weight is 402 g/mol. The van der Waals surface area contributed by atoms with Crippen molar-refractivity contribution >= 4 is 10.0 Å². The van der Waals surface area contributed by atoms with Gasteiger partial charge in [0.05, 0.1) is 24.8 Å². The summed E-state index contributed by atoms with van der Waals surface area (Å²) in [5.41, 5.74) is 2.48. The third-order valence-electron chi connectivity index (χ3n) is 4.23. The van der Waals surface area contributed by atoms with Gasteiger partial charge in [0.2, 0.25) is 10.0 Å². The first-order valence-corrected chi connectivity index (χ1v) is 10.2. The summed E-state index contributed by atoms with van der Waals surface area (Å²) in [6.07, 6.45) is 0.523. The van der Waals surface area contributed by atoms with Crippen molar-refractivity contribution in [2.75, 3.05) is 20.8 Å². The molecule has 0 aliphatic carbocycles. The Bertz CT molecular complexity index is 1040. The SMILES string of the molecule is COc1ccc(CCNS(=O)(=O)c2ccc(-c3cc(C)no3)cc2)cc1OC. The summed E-state index contributed by atoms with van der Waals surface area (Å²) < 4.78 is 43.3. The molecule has 148 valence electrons. The Hall–Kier alpha value is -2.84. The van der Waals surface area contributed by atoms with Crippen LogP contribution in [-0.2, 0) is 16.4 Å². The van der Waals surface area contributed by atoms with E-state index in [2.05, 4.69) is 9.88 Å². The van der Waals surface area contributed by atoms with Gasteiger partial charge in [0.15, 0.2) is 17.3 Å². The number of nitrogens with zero attached hydrogens (tertiary/aromatic N) is 1. The number of ether oxygens (including phenoxy) is 2. The molecule has 0 bridgehead atoms. The molecule has 0 amide bonds.